The third-order valence-electron chi connectivity index (χ3n) is 4.13. The first kappa shape index (κ1) is 12.1. The van der Waals surface area contributed by atoms with E-state index >= 15 is 0 Å². The summed E-state index contributed by atoms with van der Waals surface area (Å²) in [5.74, 6) is 2.89. The van der Waals surface area contributed by atoms with Crippen molar-refractivity contribution in [3.63, 3.8) is 0 Å². The van der Waals surface area contributed by atoms with Gasteiger partial charge in [-0.3, -0.25) is 0 Å². The summed E-state index contributed by atoms with van der Waals surface area (Å²) >= 11 is 0. The second kappa shape index (κ2) is 6.48. The van der Waals surface area contributed by atoms with Crippen molar-refractivity contribution < 1.29 is 0 Å². The minimum absolute atomic E-state index is 0.876. The van der Waals surface area contributed by atoms with Crippen LogP contribution in [0.2, 0.25) is 0 Å². The second-order valence-corrected chi connectivity index (χ2v) is 5.66. The quantitative estimate of drug-likeness (QED) is 0.578. The van der Waals surface area contributed by atoms with Crippen LogP contribution in [0.4, 0.5) is 0 Å². The summed E-state index contributed by atoms with van der Waals surface area (Å²) in [6.07, 6.45) is 12.0. The highest BCUT2D eigenvalue weighted by Crippen LogP contribution is 2.29. The Labute approximate surface area is 90.5 Å². The van der Waals surface area contributed by atoms with Crippen LogP contribution in [0.25, 0.3) is 0 Å². The maximum Gasteiger partial charge on any atom is -0.0414 e. The molecule has 0 saturated heterocycles. The van der Waals surface area contributed by atoms with E-state index in [1.807, 2.05) is 0 Å². The van der Waals surface area contributed by atoms with Crippen molar-refractivity contribution in [2.24, 2.45) is 17.8 Å². The monoisotopic (exact) mass is 196 g/mol. The standard InChI is InChI=1S/C14H28/c1-12(2)13(3)8-7-11-14-9-5-4-6-10-14/h12-14H,4-11H2,1-3H3. The summed E-state index contributed by atoms with van der Waals surface area (Å²) in [4.78, 5) is 0. The number of hydrogen-bond donors (Lipinski definition) is 0. The molecule has 0 spiro atoms. The van der Waals surface area contributed by atoms with E-state index in [4.69, 9.17) is 0 Å². The van der Waals surface area contributed by atoms with E-state index in [1.54, 1.807) is 0 Å². The maximum atomic E-state index is 2.41. The smallest absolute Gasteiger partial charge is 0.0414 e. The lowest BCUT2D eigenvalue weighted by atomic mass is 9.84. The Morgan fingerprint density at radius 1 is 1.00 bits per heavy atom. The first-order valence-electron chi connectivity index (χ1n) is 6.70. The highest BCUT2D eigenvalue weighted by molar-refractivity contribution is 4.67. The van der Waals surface area contributed by atoms with E-state index in [-0.39, 0.29) is 0 Å². The predicted molar refractivity (Wildman–Crippen MR) is 64.4 cm³/mol. The van der Waals surface area contributed by atoms with Crippen LogP contribution in [0, 0.1) is 17.8 Å². The van der Waals surface area contributed by atoms with Crippen LogP contribution < -0.4 is 0 Å². The Bertz CT molecular complexity index is 131. The van der Waals surface area contributed by atoms with Gasteiger partial charge in [-0.15, -0.1) is 0 Å². The van der Waals surface area contributed by atoms with Gasteiger partial charge in [0.05, 0.1) is 0 Å². The van der Waals surface area contributed by atoms with Crippen molar-refractivity contribution >= 4 is 0 Å². The molecule has 1 unspecified atom stereocenters. The molecule has 1 aliphatic carbocycles. The first-order valence-corrected chi connectivity index (χ1v) is 6.70. The fourth-order valence-electron chi connectivity index (χ4n) is 2.54. The van der Waals surface area contributed by atoms with Crippen molar-refractivity contribution in [1.82, 2.24) is 0 Å². The lowest BCUT2D eigenvalue weighted by Crippen LogP contribution is -2.08. The van der Waals surface area contributed by atoms with E-state index in [0.29, 0.717) is 0 Å². The number of rotatable bonds is 5. The van der Waals surface area contributed by atoms with Gasteiger partial charge in [0.2, 0.25) is 0 Å². The molecule has 0 aromatic carbocycles. The minimum Gasteiger partial charge on any atom is -0.0625 e. The molecule has 1 rings (SSSR count). The lowest BCUT2D eigenvalue weighted by molar-refractivity contribution is 0.305. The summed E-state index contributed by atoms with van der Waals surface area (Å²) < 4.78 is 0. The van der Waals surface area contributed by atoms with Crippen LogP contribution in [0.1, 0.15) is 72.1 Å². The van der Waals surface area contributed by atoms with Gasteiger partial charge in [0.1, 0.15) is 0 Å². The molecule has 0 N–H and O–H groups in total. The molecule has 1 fully saturated rings. The molecule has 84 valence electrons. The van der Waals surface area contributed by atoms with Crippen LogP contribution in [-0.4, -0.2) is 0 Å². The predicted octanol–water partition coefficient (Wildman–Crippen LogP) is 5.03. The molecule has 0 aromatic rings. The summed E-state index contributed by atoms with van der Waals surface area (Å²) in [6.45, 7) is 7.11. The molecule has 0 aromatic heterocycles. The molecule has 1 aliphatic rings. The Balaban J connectivity index is 2.02. The fourth-order valence-corrected chi connectivity index (χ4v) is 2.54. The SMILES string of the molecule is CC(C)C(C)CCCC1CCCCC1. The molecule has 1 atom stereocenters. The van der Waals surface area contributed by atoms with Gasteiger partial charge in [0.25, 0.3) is 0 Å². The number of hydrogen-bond acceptors (Lipinski definition) is 0. The van der Waals surface area contributed by atoms with Crippen LogP contribution in [0.5, 0.6) is 0 Å². The van der Waals surface area contributed by atoms with Crippen LogP contribution in [0.3, 0.4) is 0 Å². The molecule has 0 bridgehead atoms. The second-order valence-electron chi connectivity index (χ2n) is 5.66. The Hall–Kier alpha value is 0. The largest absolute Gasteiger partial charge is 0.0625 e. The third-order valence-corrected chi connectivity index (χ3v) is 4.13. The molecule has 0 aliphatic heterocycles. The van der Waals surface area contributed by atoms with Crippen molar-refractivity contribution in [2.75, 3.05) is 0 Å². The molecule has 0 heterocycles. The lowest BCUT2D eigenvalue weighted by Gasteiger charge is -2.22. The zero-order chi connectivity index (χ0) is 10.4. The third kappa shape index (κ3) is 4.48. The topological polar surface area (TPSA) is 0 Å². The van der Waals surface area contributed by atoms with Crippen molar-refractivity contribution in [3.05, 3.63) is 0 Å². The summed E-state index contributed by atoms with van der Waals surface area (Å²) in [7, 11) is 0. The maximum absolute atomic E-state index is 2.41. The zero-order valence-electron chi connectivity index (χ0n) is 10.4. The summed E-state index contributed by atoms with van der Waals surface area (Å²) in [5.41, 5.74) is 0. The van der Waals surface area contributed by atoms with Gasteiger partial charge in [-0.05, 0) is 17.8 Å². The van der Waals surface area contributed by atoms with Gasteiger partial charge in [0.15, 0.2) is 0 Å². The highest BCUT2D eigenvalue weighted by atomic mass is 14.2. The molecule has 0 radical (unpaired) electrons. The Morgan fingerprint density at radius 3 is 2.21 bits per heavy atom. The van der Waals surface area contributed by atoms with Gasteiger partial charge in [-0.2, -0.15) is 0 Å². The van der Waals surface area contributed by atoms with E-state index in [0.717, 1.165) is 17.8 Å². The van der Waals surface area contributed by atoms with Gasteiger partial charge in [0, 0.05) is 0 Å². The average molecular weight is 196 g/mol. The van der Waals surface area contributed by atoms with Gasteiger partial charge in [-0.1, -0.05) is 72.1 Å². The fraction of sp³-hybridized carbons (Fsp3) is 1.00. The van der Waals surface area contributed by atoms with Crippen LogP contribution >= 0.6 is 0 Å². The van der Waals surface area contributed by atoms with Crippen molar-refractivity contribution in [3.8, 4) is 0 Å². The zero-order valence-corrected chi connectivity index (χ0v) is 10.4. The van der Waals surface area contributed by atoms with Crippen LogP contribution in [-0.2, 0) is 0 Å². The molecule has 0 heteroatoms. The van der Waals surface area contributed by atoms with E-state index in [1.165, 1.54) is 51.4 Å². The van der Waals surface area contributed by atoms with Gasteiger partial charge < -0.3 is 0 Å². The van der Waals surface area contributed by atoms with Crippen LogP contribution in [0.15, 0.2) is 0 Å². The average Bonchev–Trinajstić information content (AvgIpc) is 2.19. The Kier molecular flexibility index (Phi) is 5.59. The highest BCUT2D eigenvalue weighted by Gasteiger charge is 2.14. The van der Waals surface area contributed by atoms with Gasteiger partial charge >= 0.3 is 0 Å². The van der Waals surface area contributed by atoms with Gasteiger partial charge in [-0.25, -0.2) is 0 Å². The van der Waals surface area contributed by atoms with Crippen molar-refractivity contribution in [1.29, 1.82) is 0 Å². The van der Waals surface area contributed by atoms with Crippen molar-refractivity contribution in [2.45, 2.75) is 72.1 Å². The molecular weight excluding hydrogens is 168 g/mol. The summed E-state index contributed by atoms with van der Waals surface area (Å²) in [5, 5.41) is 0. The van der Waals surface area contributed by atoms with E-state index < -0.39 is 0 Å². The summed E-state index contributed by atoms with van der Waals surface area (Å²) in [6, 6.07) is 0. The first-order chi connectivity index (χ1) is 6.70. The van der Waals surface area contributed by atoms with E-state index in [9.17, 15) is 0 Å². The molecule has 14 heavy (non-hydrogen) atoms. The normalized spacial score (nSPS) is 21.4. The minimum atomic E-state index is 0.876. The molecule has 0 amide bonds. The van der Waals surface area contributed by atoms with E-state index in [2.05, 4.69) is 20.8 Å². The molecular formula is C14H28. The molecule has 0 nitrogen and oxygen atoms in total. The Morgan fingerprint density at radius 2 is 1.64 bits per heavy atom. The molecule has 1 saturated carbocycles.